The Hall–Kier alpha value is -0.160. The van der Waals surface area contributed by atoms with Crippen molar-refractivity contribution in [2.75, 3.05) is 0 Å². The van der Waals surface area contributed by atoms with Crippen molar-refractivity contribution in [2.45, 2.75) is 36.6 Å². The highest BCUT2D eigenvalue weighted by atomic mass is 32.2. The van der Waals surface area contributed by atoms with Gasteiger partial charge in [0.15, 0.2) is 0 Å². The molecule has 0 aliphatic carbocycles. The molecule has 1 aliphatic rings. The topological polar surface area (TPSA) is 29.3 Å². The van der Waals surface area contributed by atoms with E-state index in [0.29, 0.717) is 0 Å². The predicted octanol–water partition coefficient (Wildman–Crippen LogP) is 3.41. The Kier molecular flexibility index (Phi) is 3.03. The molecule has 1 aromatic rings. The van der Waals surface area contributed by atoms with Crippen molar-refractivity contribution in [2.24, 2.45) is 5.14 Å². The molecule has 2 rings (SSSR count). The molecule has 0 aromatic heterocycles. The summed E-state index contributed by atoms with van der Waals surface area (Å²) in [5, 5.41) is 6.07. The average molecular weight is 240 g/mol. The first kappa shape index (κ1) is 11.3. The second kappa shape index (κ2) is 4.01. The maximum atomic E-state index is 5.80. The number of rotatable bonds is 1. The summed E-state index contributed by atoms with van der Waals surface area (Å²) in [6.45, 7) is 6.65. The van der Waals surface area contributed by atoms with Crippen molar-refractivity contribution in [3.8, 4) is 0 Å². The van der Waals surface area contributed by atoms with Crippen LogP contribution in [0.5, 0.6) is 0 Å². The highest BCUT2D eigenvalue weighted by Crippen LogP contribution is 2.51. The lowest BCUT2D eigenvalue weighted by Gasteiger charge is -2.34. The van der Waals surface area contributed by atoms with Gasteiger partial charge in [-0.15, -0.1) is 0 Å². The summed E-state index contributed by atoms with van der Waals surface area (Å²) in [5.41, 5.74) is 1.46. The van der Waals surface area contributed by atoms with Crippen LogP contribution in [0, 0.1) is 0 Å². The first-order valence-electron chi connectivity index (χ1n) is 4.96. The molecule has 15 heavy (non-hydrogen) atoms. The first-order valence-corrected chi connectivity index (χ1v) is 6.67. The van der Waals surface area contributed by atoms with Gasteiger partial charge >= 0.3 is 0 Å². The molecule has 1 aromatic carbocycles. The Labute approximate surface area is 99.9 Å². The smallest absolute Gasteiger partial charge is 0.107 e. The van der Waals surface area contributed by atoms with E-state index in [0.717, 1.165) is 0 Å². The fraction of sp³-hybridized carbons (Fsp3) is 0.455. The van der Waals surface area contributed by atoms with E-state index < -0.39 is 0 Å². The lowest BCUT2D eigenvalue weighted by molar-refractivity contribution is 0.268. The lowest BCUT2D eigenvalue weighted by atomic mass is 10.1. The van der Waals surface area contributed by atoms with E-state index in [1.165, 1.54) is 22.4 Å². The van der Waals surface area contributed by atoms with Crippen LogP contribution in [0.4, 0.5) is 0 Å². The van der Waals surface area contributed by atoms with Crippen molar-refractivity contribution >= 4 is 23.9 Å². The Morgan fingerprint density at radius 3 is 2.60 bits per heavy atom. The Balaban J connectivity index is 2.37. The zero-order valence-corrected chi connectivity index (χ0v) is 10.9. The normalized spacial score (nSPS) is 21.7. The minimum Gasteiger partial charge on any atom is -0.276 e. The summed E-state index contributed by atoms with van der Waals surface area (Å²) in [7, 11) is 0. The molecule has 1 atom stereocenters. The van der Waals surface area contributed by atoms with Gasteiger partial charge in [-0.3, -0.25) is 5.14 Å². The molecule has 1 heterocycles. The summed E-state index contributed by atoms with van der Waals surface area (Å²) in [6, 6.07) is 8.48. The standard InChI is InChI=1S/C11H16N2S2/c1-11(2,3)13-10(14-12)8-6-4-5-7-9(8)15-13/h4-7,10H,12H2,1-3H3. The summed E-state index contributed by atoms with van der Waals surface area (Å²) < 4.78 is 2.36. The second-order valence-corrected chi connectivity index (χ2v) is 6.35. The molecule has 2 nitrogen and oxygen atoms in total. The lowest BCUT2D eigenvalue weighted by Crippen LogP contribution is -2.35. The summed E-state index contributed by atoms with van der Waals surface area (Å²) in [6.07, 6.45) is 0. The molecular formula is C11H16N2S2. The minimum atomic E-state index is 0.126. The molecule has 0 fully saturated rings. The fourth-order valence-corrected chi connectivity index (χ4v) is 3.92. The Morgan fingerprint density at radius 1 is 1.33 bits per heavy atom. The molecule has 4 heteroatoms. The molecule has 82 valence electrons. The van der Waals surface area contributed by atoms with Crippen molar-refractivity contribution < 1.29 is 0 Å². The van der Waals surface area contributed by atoms with Crippen molar-refractivity contribution in [3.63, 3.8) is 0 Å². The molecule has 0 saturated heterocycles. The van der Waals surface area contributed by atoms with Crippen molar-refractivity contribution in [1.82, 2.24) is 4.31 Å². The van der Waals surface area contributed by atoms with Crippen LogP contribution < -0.4 is 5.14 Å². The highest BCUT2D eigenvalue weighted by molar-refractivity contribution is 8.01. The maximum absolute atomic E-state index is 5.80. The fourth-order valence-electron chi connectivity index (χ4n) is 1.67. The van der Waals surface area contributed by atoms with Crippen LogP contribution in [0.3, 0.4) is 0 Å². The third-order valence-corrected chi connectivity index (χ3v) is 4.76. The van der Waals surface area contributed by atoms with Crippen molar-refractivity contribution in [1.29, 1.82) is 0 Å². The Bertz CT molecular complexity index is 360. The molecular weight excluding hydrogens is 224 g/mol. The zero-order chi connectivity index (χ0) is 11.1. The average Bonchev–Trinajstić information content (AvgIpc) is 2.55. The van der Waals surface area contributed by atoms with Gasteiger partial charge in [0.05, 0.1) is 0 Å². The van der Waals surface area contributed by atoms with Gasteiger partial charge in [-0.1, -0.05) is 30.1 Å². The number of nitrogens with zero attached hydrogens (tertiary/aromatic N) is 1. The van der Waals surface area contributed by atoms with Gasteiger partial charge in [-0.2, -0.15) is 0 Å². The van der Waals surface area contributed by atoms with E-state index in [1.54, 1.807) is 0 Å². The molecule has 0 bridgehead atoms. The van der Waals surface area contributed by atoms with E-state index in [4.69, 9.17) is 5.14 Å². The van der Waals surface area contributed by atoms with E-state index in [1.807, 2.05) is 11.9 Å². The van der Waals surface area contributed by atoms with Crippen LogP contribution in [0.2, 0.25) is 0 Å². The minimum absolute atomic E-state index is 0.126. The molecule has 0 spiro atoms. The first-order chi connectivity index (χ1) is 7.04. The molecule has 2 N–H and O–H groups in total. The van der Waals surface area contributed by atoms with Crippen LogP contribution in [0.25, 0.3) is 0 Å². The van der Waals surface area contributed by atoms with Crippen LogP contribution in [-0.2, 0) is 0 Å². The maximum Gasteiger partial charge on any atom is 0.107 e. The van der Waals surface area contributed by atoms with Gasteiger partial charge in [0.25, 0.3) is 0 Å². The molecule has 0 amide bonds. The second-order valence-electron chi connectivity index (χ2n) is 4.61. The SMILES string of the molecule is CC(C)(C)N1Sc2ccccc2C1SN. The van der Waals surface area contributed by atoms with Gasteiger partial charge in [0, 0.05) is 10.4 Å². The van der Waals surface area contributed by atoms with E-state index >= 15 is 0 Å². The monoisotopic (exact) mass is 240 g/mol. The quantitative estimate of drug-likeness (QED) is 0.762. The largest absolute Gasteiger partial charge is 0.276 e. The number of nitrogens with two attached hydrogens (primary N) is 1. The van der Waals surface area contributed by atoms with Gasteiger partial charge in [0.1, 0.15) is 5.37 Å². The van der Waals surface area contributed by atoms with Gasteiger partial charge in [0.2, 0.25) is 0 Å². The van der Waals surface area contributed by atoms with Gasteiger partial charge < -0.3 is 0 Å². The Morgan fingerprint density at radius 2 is 2.00 bits per heavy atom. The van der Waals surface area contributed by atoms with Gasteiger partial charge in [-0.05, 0) is 44.3 Å². The third-order valence-electron chi connectivity index (χ3n) is 2.38. The molecule has 0 radical (unpaired) electrons. The summed E-state index contributed by atoms with van der Waals surface area (Å²) in [5.74, 6) is 0. The van der Waals surface area contributed by atoms with Gasteiger partial charge in [-0.25, -0.2) is 4.31 Å². The number of benzene rings is 1. The number of fused-ring (bicyclic) bond motifs is 1. The van der Waals surface area contributed by atoms with Crippen LogP contribution in [0.1, 0.15) is 31.7 Å². The van der Waals surface area contributed by atoms with E-state index in [9.17, 15) is 0 Å². The third kappa shape index (κ3) is 2.04. The predicted molar refractivity (Wildman–Crippen MR) is 68.4 cm³/mol. The van der Waals surface area contributed by atoms with Crippen LogP contribution in [0.15, 0.2) is 29.2 Å². The zero-order valence-electron chi connectivity index (χ0n) is 9.23. The summed E-state index contributed by atoms with van der Waals surface area (Å²) >= 11 is 3.22. The van der Waals surface area contributed by atoms with E-state index in [2.05, 4.69) is 49.3 Å². The van der Waals surface area contributed by atoms with Crippen LogP contribution in [-0.4, -0.2) is 9.84 Å². The highest BCUT2D eigenvalue weighted by Gasteiger charge is 2.37. The van der Waals surface area contributed by atoms with Crippen LogP contribution >= 0.6 is 23.9 Å². The molecule has 1 aliphatic heterocycles. The molecule has 1 unspecified atom stereocenters. The van der Waals surface area contributed by atoms with E-state index in [-0.39, 0.29) is 10.9 Å². The summed E-state index contributed by atoms with van der Waals surface area (Å²) in [4.78, 5) is 1.33. The van der Waals surface area contributed by atoms with Crippen molar-refractivity contribution in [3.05, 3.63) is 29.8 Å². The molecule has 0 saturated carbocycles. The number of hydrogen-bond acceptors (Lipinski definition) is 4. The number of hydrogen-bond donors (Lipinski definition) is 1.